The monoisotopic (exact) mass is 243 g/mol. The van der Waals surface area contributed by atoms with Crippen molar-refractivity contribution in [3.8, 4) is 0 Å². The standard InChI is InChI=1S/C11H14ClNO3/c1-11(15)4-2-5-13(7-11)10(14)8-3-6-16-9(8)12/h3,6,15H,2,4-5,7H2,1H3. The van der Waals surface area contributed by atoms with E-state index in [4.69, 9.17) is 16.0 Å². The summed E-state index contributed by atoms with van der Waals surface area (Å²) >= 11 is 5.75. The summed E-state index contributed by atoms with van der Waals surface area (Å²) in [7, 11) is 0. The average molecular weight is 244 g/mol. The average Bonchev–Trinajstić information content (AvgIpc) is 2.62. The molecule has 1 amide bonds. The van der Waals surface area contributed by atoms with Crippen molar-refractivity contribution in [2.24, 2.45) is 0 Å². The fraction of sp³-hybridized carbons (Fsp3) is 0.545. The van der Waals surface area contributed by atoms with Crippen molar-refractivity contribution in [2.45, 2.75) is 25.4 Å². The first-order chi connectivity index (χ1) is 7.49. The third kappa shape index (κ3) is 2.23. The maximum absolute atomic E-state index is 12.0. The number of piperidine rings is 1. The summed E-state index contributed by atoms with van der Waals surface area (Å²) in [6.07, 6.45) is 2.90. The fourth-order valence-corrected chi connectivity index (χ4v) is 2.21. The number of nitrogens with zero attached hydrogens (tertiary/aromatic N) is 1. The molecule has 0 spiro atoms. The molecule has 1 fully saturated rings. The van der Waals surface area contributed by atoms with Gasteiger partial charge >= 0.3 is 0 Å². The normalized spacial score (nSPS) is 25.8. The van der Waals surface area contributed by atoms with E-state index in [0.717, 1.165) is 12.8 Å². The van der Waals surface area contributed by atoms with Crippen LogP contribution in [0.15, 0.2) is 16.7 Å². The molecule has 16 heavy (non-hydrogen) atoms. The molecule has 0 aromatic carbocycles. The van der Waals surface area contributed by atoms with Gasteiger partial charge in [-0.3, -0.25) is 4.79 Å². The lowest BCUT2D eigenvalue weighted by atomic mass is 9.95. The highest BCUT2D eigenvalue weighted by molar-refractivity contribution is 6.32. The van der Waals surface area contributed by atoms with Gasteiger partial charge in [0, 0.05) is 13.1 Å². The first-order valence-electron chi connectivity index (χ1n) is 5.24. The molecule has 1 aromatic rings. The van der Waals surface area contributed by atoms with E-state index in [0.29, 0.717) is 18.7 Å². The van der Waals surface area contributed by atoms with Gasteiger partial charge in [0.2, 0.25) is 5.22 Å². The number of furan rings is 1. The zero-order chi connectivity index (χ0) is 11.8. The first kappa shape index (κ1) is 11.5. The number of carbonyl (C=O) groups excluding carboxylic acids is 1. The molecule has 1 aromatic heterocycles. The van der Waals surface area contributed by atoms with Crippen LogP contribution in [0.5, 0.6) is 0 Å². The van der Waals surface area contributed by atoms with Crippen molar-refractivity contribution >= 4 is 17.5 Å². The summed E-state index contributed by atoms with van der Waals surface area (Å²) < 4.78 is 4.88. The van der Waals surface area contributed by atoms with E-state index in [2.05, 4.69) is 0 Å². The molecule has 1 saturated heterocycles. The Morgan fingerprint density at radius 1 is 1.69 bits per heavy atom. The van der Waals surface area contributed by atoms with E-state index in [1.807, 2.05) is 0 Å². The quantitative estimate of drug-likeness (QED) is 0.820. The van der Waals surface area contributed by atoms with Crippen LogP contribution in [-0.2, 0) is 0 Å². The highest BCUT2D eigenvalue weighted by atomic mass is 35.5. The van der Waals surface area contributed by atoms with Gasteiger partial charge in [0.15, 0.2) is 0 Å². The first-order valence-corrected chi connectivity index (χ1v) is 5.62. The number of amides is 1. The maximum Gasteiger partial charge on any atom is 0.258 e. The van der Waals surface area contributed by atoms with Gasteiger partial charge in [0.25, 0.3) is 5.91 Å². The van der Waals surface area contributed by atoms with Crippen LogP contribution in [0, 0.1) is 0 Å². The predicted octanol–water partition coefficient (Wildman–Crippen LogP) is 1.92. The fourth-order valence-electron chi connectivity index (χ4n) is 2.01. The van der Waals surface area contributed by atoms with Crippen LogP contribution in [0.25, 0.3) is 0 Å². The van der Waals surface area contributed by atoms with Crippen LogP contribution in [0.4, 0.5) is 0 Å². The topological polar surface area (TPSA) is 53.7 Å². The minimum atomic E-state index is -0.801. The summed E-state index contributed by atoms with van der Waals surface area (Å²) in [5, 5.41) is 10.0. The molecule has 1 unspecified atom stereocenters. The van der Waals surface area contributed by atoms with Crippen molar-refractivity contribution < 1.29 is 14.3 Å². The summed E-state index contributed by atoms with van der Waals surface area (Å²) in [6.45, 7) is 2.73. The minimum absolute atomic E-state index is 0.107. The number of hydrogen-bond donors (Lipinski definition) is 1. The maximum atomic E-state index is 12.0. The third-order valence-electron chi connectivity index (χ3n) is 2.81. The largest absolute Gasteiger partial charge is 0.452 e. The second-order valence-corrected chi connectivity index (χ2v) is 4.78. The molecule has 5 heteroatoms. The molecule has 2 heterocycles. The highest BCUT2D eigenvalue weighted by Crippen LogP contribution is 2.24. The number of β-amino-alcohol motifs (C(OH)–C–C–N with tert-alkyl or cyclic N) is 1. The molecule has 1 atom stereocenters. The number of aliphatic hydroxyl groups is 1. The van der Waals surface area contributed by atoms with E-state index in [1.54, 1.807) is 17.9 Å². The summed E-state index contributed by atoms with van der Waals surface area (Å²) in [6, 6.07) is 1.55. The lowest BCUT2D eigenvalue weighted by Gasteiger charge is -2.36. The zero-order valence-electron chi connectivity index (χ0n) is 9.07. The van der Waals surface area contributed by atoms with Crippen molar-refractivity contribution in [1.29, 1.82) is 0 Å². The molecule has 0 saturated carbocycles. The van der Waals surface area contributed by atoms with Crippen molar-refractivity contribution in [2.75, 3.05) is 13.1 Å². The van der Waals surface area contributed by atoms with Crippen molar-refractivity contribution in [1.82, 2.24) is 4.90 Å². The van der Waals surface area contributed by atoms with Crippen molar-refractivity contribution in [3.63, 3.8) is 0 Å². The Labute approximate surface area is 98.8 Å². The number of likely N-dealkylation sites (tertiary alicyclic amines) is 1. The van der Waals surface area contributed by atoms with E-state index in [1.165, 1.54) is 6.26 Å². The Morgan fingerprint density at radius 3 is 3.00 bits per heavy atom. The van der Waals surface area contributed by atoms with Gasteiger partial charge in [-0.1, -0.05) is 0 Å². The van der Waals surface area contributed by atoms with Crippen LogP contribution >= 0.6 is 11.6 Å². The molecular formula is C11H14ClNO3. The Balaban J connectivity index is 2.14. The number of hydrogen-bond acceptors (Lipinski definition) is 3. The van der Waals surface area contributed by atoms with Crippen LogP contribution < -0.4 is 0 Å². The Kier molecular flexibility index (Phi) is 2.95. The van der Waals surface area contributed by atoms with Gasteiger partial charge in [-0.15, -0.1) is 0 Å². The van der Waals surface area contributed by atoms with Gasteiger partial charge < -0.3 is 14.4 Å². The lowest BCUT2D eigenvalue weighted by Crippen LogP contribution is -2.48. The molecule has 0 radical (unpaired) electrons. The molecular weight excluding hydrogens is 230 g/mol. The molecule has 88 valence electrons. The van der Waals surface area contributed by atoms with Crippen molar-refractivity contribution in [3.05, 3.63) is 23.1 Å². The lowest BCUT2D eigenvalue weighted by molar-refractivity contribution is -0.0107. The van der Waals surface area contributed by atoms with Crippen LogP contribution in [0.2, 0.25) is 5.22 Å². The van der Waals surface area contributed by atoms with Crippen LogP contribution in [0.1, 0.15) is 30.1 Å². The molecule has 0 bridgehead atoms. The summed E-state index contributed by atoms with van der Waals surface area (Å²) in [5.41, 5.74) is -0.441. The van der Waals surface area contributed by atoms with Crippen LogP contribution in [-0.4, -0.2) is 34.6 Å². The van der Waals surface area contributed by atoms with Gasteiger partial charge in [-0.25, -0.2) is 0 Å². The highest BCUT2D eigenvalue weighted by Gasteiger charge is 2.32. The molecule has 1 aliphatic heterocycles. The van der Waals surface area contributed by atoms with Gasteiger partial charge in [-0.05, 0) is 37.4 Å². The van der Waals surface area contributed by atoms with E-state index < -0.39 is 5.60 Å². The van der Waals surface area contributed by atoms with E-state index in [9.17, 15) is 9.90 Å². The smallest absolute Gasteiger partial charge is 0.258 e. The number of carbonyl (C=O) groups is 1. The van der Waals surface area contributed by atoms with Gasteiger partial charge in [0.05, 0.1) is 17.4 Å². The SMILES string of the molecule is CC1(O)CCCN(C(=O)c2ccoc2Cl)C1. The zero-order valence-corrected chi connectivity index (χ0v) is 9.83. The molecule has 0 aliphatic carbocycles. The summed E-state index contributed by atoms with van der Waals surface area (Å²) in [5.74, 6) is -0.182. The summed E-state index contributed by atoms with van der Waals surface area (Å²) in [4.78, 5) is 13.7. The Hall–Kier alpha value is -1.00. The van der Waals surface area contributed by atoms with Gasteiger partial charge in [-0.2, -0.15) is 0 Å². The van der Waals surface area contributed by atoms with Crippen LogP contribution in [0.3, 0.4) is 0 Å². The second kappa shape index (κ2) is 4.11. The molecule has 1 N–H and O–H groups in total. The number of halogens is 1. The molecule has 1 aliphatic rings. The Bertz CT molecular complexity index is 400. The van der Waals surface area contributed by atoms with Gasteiger partial charge in [0.1, 0.15) is 0 Å². The molecule has 4 nitrogen and oxygen atoms in total. The second-order valence-electron chi connectivity index (χ2n) is 4.44. The van der Waals surface area contributed by atoms with E-state index >= 15 is 0 Å². The Morgan fingerprint density at radius 2 is 2.44 bits per heavy atom. The molecule has 2 rings (SSSR count). The predicted molar refractivity (Wildman–Crippen MR) is 59.5 cm³/mol. The number of rotatable bonds is 1. The van der Waals surface area contributed by atoms with E-state index in [-0.39, 0.29) is 11.1 Å². The minimum Gasteiger partial charge on any atom is -0.452 e. The third-order valence-corrected chi connectivity index (χ3v) is 3.10.